The van der Waals surface area contributed by atoms with Gasteiger partial charge in [-0.25, -0.2) is 0 Å². The first-order valence-electron chi connectivity index (χ1n) is 8.07. The molecule has 0 spiro atoms. The van der Waals surface area contributed by atoms with Crippen LogP contribution >= 0.6 is 0 Å². The van der Waals surface area contributed by atoms with Gasteiger partial charge in [0, 0.05) is 29.3 Å². The molecular formula is C18H15NO9S2. The monoisotopic (exact) mass is 453 g/mol. The van der Waals surface area contributed by atoms with Crippen molar-refractivity contribution in [2.45, 2.75) is 9.79 Å². The molecule has 3 rings (SSSR count). The summed E-state index contributed by atoms with van der Waals surface area (Å²) in [7, 11) is -8.00. The number of aromatic hydroxyl groups is 2. The molecule has 0 heterocycles. The molecule has 10 nitrogen and oxygen atoms in total. The molecule has 158 valence electrons. The number of nitrogens with zero attached hydrogens (tertiary/aromatic N) is 1. The van der Waals surface area contributed by atoms with Crippen molar-refractivity contribution in [2.24, 2.45) is 4.99 Å². The van der Waals surface area contributed by atoms with Crippen LogP contribution in [0.3, 0.4) is 0 Å². The summed E-state index contributed by atoms with van der Waals surface area (Å²) < 4.78 is 69.6. The highest BCUT2D eigenvalue weighted by Crippen LogP contribution is 2.38. The number of fused-ring (bicyclic) bond motifs is 1. The number of phenolic OH excluding ortho intramolecular Hbond substituents is 2. The summed E-state index contributed by atoms with van der Waals surface area (Å²) in [4.78, 5) is 2.78. The number of ether oxygens (including phenoxy) is 1. The maximum Gasteiger partial charge on any atom is 0.294 e. The van der Waals surface area contributed by atoms with Crippen LogP contribution < -0.4 is 4.74 Å². The summed E-state index contributed by atoms with van der Waals surface area (Å²) in [6, 6.07) is 7.92. The van der Waals surface area contributed by atoms with E-state index in [0.717, 1.165) is 24.3 Å². The fourth-order valence-corrected chi connectivity index (χ4v) is 3.79. The van der Waals surface area contributed by atoms with Crippen LogP contribution in [-0.4, -0.2) is 49.5 Å². The summed E-state index contributed by atoms with van der Waals surface area (Å²) in [5.74, 6) is -0.404. The van der Waals surface area contributed by atoms with Gasteiger partial charge in [-0.2, -0.15) is 16.8 Å². The number of methoxy groups -OCH3 is 1. The number of hydrogen-bond acceptors (Lipinski definition) is 8. The zero-order valence-corrected chi connectivity index (χ0v) is 16.8. The van der Waals surface area contributed by atoms with E-state index >= 15 is 0 Å². The zero-order chi connectivity index (χ0) is 22.3. The largest absolute Gasteiger partial charge is 0.507 e. The van der Waals surface area contributed by atoms with E-state index in [1.165, 1.54) is 25.5 Å². The van der Waals surface area contributed by atoms with E-state index < -0.39 is 35.8 Å². The normalized spacial score (nSPS) is 12.5. The average Bonchev–Trinajstić information content (AvgIpc) is 2.64. The van der Waals surface area contributed by atoms with Crippen molar-refractivity contribution in [3.63, 3.8) is 0 Å². The molecule has 0 atom stereocenters. The first-order chi connectivity index (χ1) is 13.9. The molecule has 0 radical (unpaired) electrons. The summed E-state index contributed by atoms with van der Waals surface area (Å²) in [6.45, 7) is 0. The van der Waals surface area contributed by atoms with Crippen LogP contribution in [0.2, 0.25) is 0 Å². The lowest BCUT2D eigenvalue weighted by molar-refractivity contribution is 0.407. The molecule has 3 aromatic carbocycles. The molecule has 4 N–H and O–H groups in total. The van der Waals surface area contributed by atoms with Gasteiger partial charge in [0.05, 0.1) is 22.6 Å². The van der Waals surface area contributed by atoms with Crippen LogP contribution in [0.5, 0.6) is 17.2 Å². The van der Waals surface area contributed by atoms with Crippen molar-refractivity contribution in [1.29, 1.82) is 0 Å². The first-order valence-corrected chi connectivity index (χ1v) is 10.9. The van der Waals surface area contributed by atoms with Crippen molar-refractivity contribution in [1.82, 2.24) is 0 Å². The Bertz CT molecular complexity index is 1390. The van der Waals surface area contributed by atoms with Gasteiger partial charge in [-0.15, -0.1) is 0 Å². The van der Waals surface area contributed by atoms with E-state index in [2.05, 4.69) is 4.99 Å². The highest BCUT2D eigenvalue weighted by atomic mass is 32.2. The number of phenols is 2. The second-order valence-corrected chi connectivity index (χ2v) is 8.96. The topological polar surface area (TPSA) is 171 Å². The third-order valence-electron chi connectivity index (χ3n) is 4.13. The second kappa shape index (κ2) is 7.57. The SMILES string of the molecule is COc1ccc(C=Nc2cc(S(=O)(=O)O)cc3cc(S(=O)(=O)O)cc(O)c23)c(O)c1. The van der Waals surface area contributed by atoms with E-state index in [1.807, 2.05) is 0 Å². The summed E-state index contributed by atoms with van der Waals surface area (Å²) in [6.07, 6.45) is 1.17. The van der Waals surface area contributed by atoms with Gasteiger partial charge >= 0.3 is 0 Å². The minimum atomic E-state index is -4.71. The average molecular weight is 453 g/mol. The third kappa shape index (κ3) is 4.36. The van der Waals surface area contributed by atoms with E-state index in [1.54, 1.807) is 6.07 Å². The lowest BCUT2D eigenvalue weighted by atomic mass is 10.1. The number of benzene rings is 3. The Morgan fingerprint density at radius 3 is 2.00 bits per heavy atom. The van der Waals surface area contributed by atoms with Crippen molar-refractivity contribution < 1.29 is 40.9 Å². The van der Waals surface area contributed by atoms with Crippen LogP contribution in [0.1, 0.15) is 5.56 Å². The van der Waals surface area contributed by atoms with Gasteiger partial charge in [-0.1, -0.05) is 0 Å². The van der Waals surface area contributed by atoms with Gasteiger partial charge in [-0.3, -0.25) is 14.1 Å². The lowest BCUT2D eigenvalue weighted by Gasteiger charge is -2.09. The van der Waals surface area contributed by atoms with Crippen molar-refractivity contribution in [2.75, 3.05) is 7.11 Å². The predicted octanol–water partition coefficient (Wildman–Crippen LogP) is 2.50. The smallest absolute Gasteiger partial charge is 0.294 e. The van der Waals surface area contributed by atoms with Gasteiger partial charge in [-0.05, 0) is 35.7 Å². The number of rotatable bonds is 5. The molecule has 0 saturated heterocycles. The molecule has 12 heteroatoms. The van der Waals surface area contributed by atoms with Gasteiger partial charge < -0.3 is 14.9 Å². The Morgan fingerprint density at radius 1 is 0.867 bits per heavy atom. The predicted molar refractivity (Wildman–Crippen MR) is 107 cm³/mol. The van der Waals surface area contributed by atoms with Crippen LogP contribution in [-0.2, 0) is 20.2 Å². The van der Waals surface area contributed by atoms with E-state index in [0.29, 0.717) is 5.75 Å². The molecule has 0 aromatic heterocycles. The fourth-order valence-electron chi connectivity index (χ4n) is 2.72. The van der Waals surface area contributed by atoms with E-state index in [4.69, 9.17) is 4.74 Å². The van der Waals surface area contributed by atoms with Crippen molar-refractivity contribution >= 4 is 42.9 Å². The summed E-state index contributed by atoms with van der Waals surface area (Å²) in [5, 5.41) is 20.1. The zero-order valence-electron chi connectivity index (χ0n) is 15.2. The Labute approximate surface area is 171 Å². The first kappa shape index (κ1) is 21.5. The van der Waals surface area contributed by atoms with Gasteiger partial charge in [0.25, 0.3) is 20.2 Å². The van der Waals surface area contributed by atoms with Gasteiger partial charge in [0.1, 0.15) is 17.2 Å². The lowest BCUT2D eigenvalue weighted by Crippen LogP contribution is -2.00. The molecule has 0 aliphatic carbocycles. The van der Waals surface area contributed by atoms with Crippen molar-refractivity contribution in [3.05, 3.63) is 48.0 Å². The summed E-state index contributed by atoms with van der Waals surface area (Å²) in [5.41, 5.74) is 0.0879. The van der Waals surface area contributed by atoms with Crippen molar-refractivity contribution in [3.8, 4) is 17.2 Å². The Morgan fingerprint density at radius 2 is 1.47 bits per heavy atom. The Kier molecular flexibility index (Phi) is 5.43. The van der Waals surface area contributed by atoms with E-state index in [-0.39, 0.29) is 27.8 Å². The molecule has 0 aliphatic rings. The standard InChI is InChI=1S/C18H15NO9S2/c1-28-12-3-2-10(16(20)6-12)9-19-15-7-13(29(22,23)24)4-11-5-14(30(25,26)27)8-17(21)18(11)15/h2-9,20-21H,1H3,(H,22,23,24)(H,25,26,27). The van der Waals surface area contributed by atoms with Crippen LogP contribution in [0, 0.1) is 0 Å². The minimum Gasteiger partial charge on any atom is -0.507 e. The Balaban J connectivity index is 2.27. The molecular weight excluding hydrogens is 438 g/mol. The maximum atomic E-state index is 11.6. The highest BCUT2D eigenvalue weighted by molar-refractivity contribution is 7.86. The minimum absolute atomic E-state index is 0.0425. The Hall–Kier alpha value is -3.19. The van der Waals surface area contributed by atoms with Crippen LogP contribution in [0.4, 0.5) is 5.69 Å². The molecule has 0 amide bonds. The number of aliphatic imine (C=N–C) groups is 1. The molecule has 0 saturated carbocycles. The summed E-state index contributed by atoms with van der Waals surface area (Å²) >= 11 is 0. The number of hydrogen-bond donors (Lipinski definition) is 4. The quantitative estimate of drug-likeness (QED) is 0.334. The molecule has 30 heavy (non-hydrogen) atoms. The fraction of sp³-hybridized carbons (Fsp3) is 0.0556. The molecule has 0 unspecified atom stereocenters. The highest BCUT2D eigenvalue weighted by Gasteiger charge is 2.19. The molecule has 0 aliphatic heterocycles. The third-order valence-corrected chi connectivity index (χ3v) is 5.79. The van der Waals surface area contributed by atoms with Crippen LogP contribution in [0.25, 0.3) is 10.8 Å². The van der Waals surface area contributed by atoms with E-state index in [9.17, 15) is 36.2 Å². The van der Waals surface area contributed by atoms with Gasteiger partial charge in [0.2, 0.25) is 0 Å². The molecule has 3 aromatic rings. The van der Waals surface area contributed by atoms with Gasteiger partial charge in [0.15, 0.2) is 0 Å². The maximum absolute atomic E-state index is 11.6. The second-order valence-electron chi connectivity index (χ2n) is 6.12. The van der Waals surface area contributed by atoms with Crippen LogP contribution in [0.15, 0.2) is 57.2 Å². The molecule has 0 fully saturated rings. The molecule has 0 bridgehead atoms.